The van der Waals surface area contributed by atoms with Gasteiger partial charge in [0, 0.05) is 31.5 Å². The summed E-state index contributed by atoms with van der Waals surface area (Å²) < 4.78 is 11.0. The fourth-order valence-corrected chi connectivity index (χ4v) is 2.61. The summed E-state index contributed by atoms with van der Waals surface area (Å²) in [5.74, 6) is 0. The second-order valence-corrected chi connectivity index (χ2v) is 5.25. The molecule has 0 unspecified atom stereocenters. The highest BCUT2D eigenvalue weighted by Gasteiger charge is 2.16. The van der Waals surface area contributed by atoms with Gasteiger partial charge in [-0.3, -0.25) is 0 Å². The maximum atomic E-state index is 11.0. The normalized spacial score (nSPS) is 23.9. The first-order chi connectivity index (χ1) is 4.70. The number of rotatable bonds is 1. The van der Waals surface area contributed by atoms with Crippen LogP contribution in [0.1, 0.15) is 13.8 Å². The van der Waals surface area contributed by atoms with Crippen LogP contribution in [0.15, 0.2) is 0 Å². The minimum atomic E-state index is -1.15. The lowest BCUT2D eigenvalue weighted by molar-refractivity contribution is 0.241. The van der Waals surface area contributed by atoms with E-state index in [2.05, 4.69) is 18.7 Å². The van der Waals surface area contributed by atoms with Gasteiger partial charge in [-0.25, -0.2) is 0 Å². The van der Waals surface area contributed by atoms with Gasteiger partial charge in [-0.1, -0.05) is 0 Å². The van der Waals surface area contributed by atoms with Gasteiger partial charge in [-0.15, -0.1) is 0 Å². The summed E-state index contributed by atoms with van der Waals surface area (Å²) in [7, 11) is -1.15. The quantitative estimate of drug-likeness (QED) is 0.540. The molecule has 1 aliphatic rings. The van der Waals surface area contributed by atoms with Crippen molar-refractivity contribution < 1.29 is 4.57 Å². The SMILES string of the molecule is CC(C)N1CC[PH](=O)CC1. The molecule has 0 radical (unpaired) electrons. The molecule has 1 fully saturated rings. The molecule has 3 heteroatoms. The van der Waals surface area contributed by atoms with Crippen molar-refractivity contribution in [2.75, 3.05) is 25.4 Å². The molecule has 1 rings (SSSR count). The summed E-state index contributed by atoms with van der Waals surface area (Å²) in [6.07, 6.45) is 1.89. The molecule has 0 aliphatic carbocycles. The van der Waals surface area contributed by atoms with Crippen LogP contribution in [-0.4, -0.2) is 36.4 Å². The minimum Gasteiger partial charge on any atom is -0.327 e. The highest BCUT2D eigenvalue weighted by Crippen LogP contribution is 2.24. The number of nitrogens with zero attached hydrogens (tertiary/aromatic N) is 1. The van der Waals surface area contributed by atoms with Crippen molar-refractivity contribution in [3.63, 3.8) is 0 Å². The van der Waals surface area contributed by atoms with E-state index in [1.807, 2.05) is 0 Å². The summed E-state index contributed by atoms with van der Waals surface area (Å²) in [5.41, 5.74) is 0. The third-order valence-corrected chi connectivity index (χ3v) is 3.65. The second kappa shape index (κ2) is 3.54. The van der Waals surface area contributed by atoms with E-state index in [9.17, 15) is 4.57 Å². The van der Waals surface area contributed by atoms with E-state index >= 15 is 0 Å². The first-order valence-corrected chi connectivity index (χ1v) is 5.78. The van der Waals surface area contributed by atoms with Gasteiger partial charge in [0.15, 0.2) is 0 Å². The smallest absolute Gasteiger partial charge is 0.0787 e. The van der Waals surface area contributed by atoms with Crippen LogP contribution in [-0.2, 0) is 4.57 Å². The Morgan fingerprint density at radius 1 is 1.30 bits per heavy atom. The van der Waals surface area contributed by atoms with E-state index in [-0.39, 0.29) is 0 Å². The molecule has 1 heterocycles. The maximum absolute atomic E-state index is 11.0. The van der Waals surface area contributed by atoms with E-state index in [0.717, 1.165) is 25.4 Å². The van der Waals surface area contributed by atoms with Gasteiger partial charge in [0.1, 0.15) is 0 Å². The lowest BCUT2D eigenvalue weighted by atomic mass is 10.3. The zero-order chi connectivity index (χ0) is 7.56. The Bertz CT molecular complexity index is 126. The molecule has 0 saturated carbocycles. The third-order valence-electron chi connectivity index (χ3n) is 2.09. The van der Waals surface area contributed by atoms with Crippen molar-refractivity contribution in [2.45, 2.75) is 19.9 Å². The van der Waals surface area contributed by atoms with Crippen molar-refractivity contribution in [3.8, 4) is 0 Å². The summed E-state index contributed by atoms with van der Waals surface area (Å²) in [5, 5.41) is 0. The molecule has 0 aromatic heterocycles. The molecule has 0 spiro atoms. The highest BCUT2D eigenvalue weighted by molar-refractivity contribution is 7.44. The largest absolute Gasteiger partial charge is 0.327 e. The molecule has 60 valence electrons. The van der Waals surface area contributed by atoms with Crippen molar-refractivity contribution >= 4 is 7.80 Å². The Labute approximate surface area is 63.4 Å². The van der Waals surface area contributed by atoms with Gasteiger partial charge < -0.3 is 9.46 Å². The summed E-state index contributed by atoms with van der Waals surface area (Å²) >= 11 is 0. The van der Waals surface area contributed by atoms with Gasteiger partial charge in [0.05, 0.1) is 7.80 Å². The van der Waals surface area contributed by atoms with Crippen LogP contribution in [0.4, 0.5) is 0 Å². The molecular formula is C7H16NOP. The molecule has 1 saturated heterocycles. The molecule has 2 nitrogen and oxygen atoms in total. The Kier molecular flexibility index (Phi) is 2.94. The van der Waals surface area contributed by atoms with Crippen molar-refractivity contribution in [2.24, 2.45) is 0 Å². The Morgan fingerprint density at radius 2 is 1.80 bits per heavy atom. The lowest BCUT2D eigenvalue weighted by Crippen LogP contribution is -2.37. The molecule has 0 bridgehead atoms. The molecule has 1 aliphatic heterocycles. The van der Waals surface area contributed by atoms with Crippen LogP contribution in [0.3, 0.4) is 0 Å². The molecule has 0 N–H and O–H groups in total. The van der Waals surface area contributed by atoms with Gasteiger partial charge in [0.2, 0.25) is 0 Å². The Hall–Kier alpha value is 0.190. The van der Waals surface area contributed by atoms with Crippen LogP contribution in [0.25, 0.3) is 0 Å². The monoisotopic (exact) mass is 161 g/mol. The van der Waals surface area contributed by atoms with E-state index in [1.54, 1.807) is 0 Å². The fourth-order valence-electron chi connectivity index (χ4n) is 1.29. The van der Waals surface area contributed by atoms with Crippen molar-refractivity contribution in [1.29, 1.82) is 0 Å². The van der Waals surface area contributed by atoms with E-state index < -0.39 is 7.80 Å². The van der Waals surface area contributed by atoms with Crippen LogP contribution < -0.4 is 0 Å². The lowest BCUT2D eigenvalue weighted by Gasteiger charge is -2.29. The van der Waals surface area contributed by atoms with E-state index in [0.29, 0.717) is 6.04 Å². The van der Waals surface area contributed by atoms with E-state index in [4.69, 9.17) is 0 Å². The van der Waals surface area contributed by atoms with Crippen molar-refractivity contribution in [3.05, 3.63) is 0 Å². The maximum Gasteiger partial charge on any atom is 0.0787 e. The minimum absolute atomic E-state index is 0.634. The second-order valence-electron chi connectivity index (χ2n) is 3.17. The summed E-state index contributed by atoms with van der Waals surface area (Å²) in [6.45, 7) is 6.50. The van der Waals surface area contributed by atoms with Crippen molar-refractivity contribution in [1.82, 2.24) is 4.90 Å². The zero-order valence-electron chi connectivity index (χ0n) is 6.76. The standard InChI is InChI=1S/C7H16NOP/c1-7(2)8-3-5-10(9)6-4-8/h7,10H,3-6H2,1-2H3. The van der Waals surface area contributed by atoms with Crippen LogP contribution in [0, 0.1) is 0 Å². The zero-order valence-corrected chi connectivity index (χ0v) is 7.76. The van der Waals surface area contributed by atoms with Crippen LogP contribution in [0.5, 0.6) is 0 Å². The molecule has 0 aromatic rings. The third kappa shape index (κ3) is 2.10. The van der Waals surface area contributed by atoms with Gasteiger partial charge in [-0.2, -0.15) is 0 Å². The first kappa shape index (κ1) is 8.29. The van der Waals surface area contributed by atoms with Gasteiger partial charge in [-0.05, 0) is 13.8 Å². The fraction of sp³-hybridized carbons (Fsp3) is 1.00. The van der Waals surface area contributed by atoms with Gasteiger partial charge >= 0.3 is 0 Å². The summed E-state index contributed by atoms with van der Waals surface area (Å²) in [4.78, 5) is 2.39. The first-order valence-electron chi connectivity index (χ1n) is 3.96. The Balaban J connectivity index is 2.33. The predicted octanol–water partition coefficient (Wildman–Crippen LogP) is 1.27. The van der Waals surface area contributed by atoms with Crippen LogP contribution in [0.2, 0.25) is 0 Å². The topological polar surface area (TPSA) is 20.3 Å². The van der Waals surface area contributed by atoms with Gasteiger partial charge in [0.25, 0.3) is 0 Å². The Morgan fingerprint density at radius 3 is 2.20 bits per heavy atom. The predicted molar refractivity (Wildman–Crippen MR) is 45.4 cm³/mol. The summed E-state index contributed by atoms with van der Waals surface area (Å²) in [6, 6.07) is 0.634. The molecule has 0 atom stereocenters. The number of hydrogen-bond acceptors (Lipinski definition) is 2. The molecule has 10 heavy (non-hydrogen) atoms. The average Bonchev–Trinajstić information content (AvgIpc) is 1.88. The molecule has 0 amide bonds. The average molecular weight is 161 g/mol. The van der Waals surface area contributed by atoms with Crippen LogP contribution >= 0.6 is 7.80 Å². The molecule has 0 aromatic carbocycles. The highest BCUT2D eigenvalue weighted by atomic mass is 31.1. The molecular weight excluding hydrogens is 145 g/mol. The number of hydrogen-bond donors (Lipinski definition) is 0. The van der Waals surface area contributed by atoms with E-state index in [1.165, 1.54) is 0 Å².